The van der Waals surface area contributed by atoms with Gasteiger partial charge in [-0.3, -0.25) is 4.79 Å². The number of sulfonamides is 1. The summed E-state index contributed by atoms with van der Waals surface area (Å²) in [6, 6.07) is 0.925. The van der Waals surface area contributed by atoms with Gasteiger partial charge in [-0.1, -0.05) is 0 Å². The first kappa shape index (κ1) is 13.7. The van der Waals surface area contributed by atoms with Gasteiger partial charge in [-0.25, -0.2) is 8.42 Å². The summed E-state index contributed by atoms with van der Waals surface area (Å²) >= 11 is 0. The topological polar surface area (TPSA) is 70.2 Å². The Bertz CT molecular complexity index is 550. The fraction of sp³-hybridized carbons (Fsp3) is 0.375. The van der Waals surface area contributed by atoms with Gasteiger partial charge in [-0.2, -0.15) is 17.5 Å². The van der Waals surface area contributed by atoms with Crippen LogP contribution in [0.2, 0.25) is 0 Å². The van der Waals surface area contributed by atoms with Crippen LogP contribution in [0, 0.1) is 0 Å². The van der Waals surface area contributed by atoms with Crippen molar-refractivity contribution >= 4 is 10.0 Å². The van der Waals surface area contributed by atoms with Crippen molar-refractivity contribution < 1.29 is 21.6 Å². The van der Waals surface area contributed by atoms with Crippen LogP contribution in [0.15, 0.2) is 28.2 Å². The Labute approximate surface area is 94.9 Å². The maximum Gasteiger partial charge on any atom is 0.402 e. The van der Waals surface area contributed by atoms with E-state index in [1.54, 1.807) is 0 Å². The van der Waals surface area contributed by atoms with E-state index in [0.717, 1.165) is 19.3 Å². The molecule has 0 amide bonds. The third-order valence-corrected chi connectivity index (χ3v) is 3.70. The van der Waals surface area contributed by atoms with Crippen LogP contribution >= 0.6 is 0 Å². The van der Waals surface area contributed by atoms with Gasteiger partial charge in [-0.05, 0) is 0 Å². The molecule has 5 nitrogen and oxygen atoms in total. The van der Waals surface area contributed by atoms with E-state index < -0.39 is 33.1 Å². The molecule has 0 bridgehead atoms. The van der Waals surface area contributed by atoms with E-state index in [1.165, 1.54) is 6.20 Å². The minimum absolute atomic E-state index is 0.0809. The van der Waals surface area contributed by atoms with Crippen LogP contribution in [0.25, 0.3) is 0 Å². The molecule has 0 radical (unpaired) electrons. The zero-order chi connectivity index (χ0) is 13.3. The highest BCUT2D eigenvalue weighted by atomic mass is 32.2. The average Bonchev–Trinajstić information content (AvgIpc) is 2.15. The molecule has 1 aromatic heterocycles. The predicted molar refractivity (Wildman–Crippen MR) is 52.9 cm³/mol. The summed E-state index contributed by atoms with van der Waals surface area (Å²) in [6.07, 6.45) is -2.63. The molecular formula is C8H9F3N2O3S. The third kappa shape index (κ3) is 3.30. The lowest BCUT2D eigenvalue weighted by Gasteiger charge is -2.18. The minimum Gasteiger partial charge on any atom is -0.366 e. The summed E-state index contributed by atoms with van der Waals surface area (Å²) in [7, 11) is -3.67. The van der Waals surface area contributed by atoms with Gasteiger partial charge in [0.05, 0.1) is 0 Å². The molecule has 1 rings (SSSR count). The lowest BCUT2D eigenvalue weighted by atomic mass is 10.5. The van der Waals surface area contributed by atoms with E-state index in [0.29, 0.717) is 0 Å². The first-order chi connectivity index (χ1) is 7.64. The van der Waals surface area contributed by atoms with E-state index in [1.807, 2.05) is 0 Å². The maximum atomic E-state index is 12.1. The normalized spacial score (nSPS) is 13.0. The summed E-state index contributed by atoms with van der Waals surface area (Å²) in [5.41, 5.74) is -0.863. The second-order valence-electron chi connectivity index (χ2n) is 3.25. The fourth-order valence-electron chi connectivity index (χ4n) is 1.11. The molecule has 0 saturated carbocycles. The number of pyridine rings is 1. The fourth-order valence-corrected chi connectivity index (χ4v) is 2.30. The Morgan fingerprint density at radius 2 is 2.00 bits per heavy atom. The lowest BCUT2D eigenvalue weighted by molar-refractivity contribution is -0.134. The minimum atomic E-state index is -4.66. The second-order valence-corrected chi connectivity index (χ2v) is 5.26. The van der Waals surface area contributed by atoms with Crippen molar-refractivity contribution in [3.8, 4) is 0 Å². The van der Waals surface area contributed by atoms with Gasteiger partial charge >= 0.3 is 6.18 Å². The van der Waals surface area contributed by atoms with Crippen LogP contribution < -0.4 is 5.43 Å². The van der Waals surface area contributed by atoms with Gasteiger partial charge in [0.1, 0.15) is 11.4 Å². The number of hydrogen-bond acceptors (Lipinski definition) is 3. The molecule has 0 unspecified atom stereocenters. The van der Waals surface area contributed by atoms with Crippen LogP contribution in [0.3, 0.4) is 0 Å². The van der Waals surface area contributed by atoms with Crippen molar-refractivity contribution in [3.05, 3.63) is 28.7 Å². The molecule has 1 N–H and O–H groups in total. The molecule has 0 aromatic carbocycles. The maximum absolute atomic E-state index is 12.1. The van der Waals surface area contributed by atoms with Crippen molar-refractivity contribution in [2.45, 2.75) is 11.1 Å². The van der Waals surface area contributed by atoms with E-state index in [2.05, 4.69) is 4.98 Å². The number of H-pyrrole nitrogens is 1. The molecule has 0 aliphatic rings. The smallest absolute Gasteiger partial charge is 0.366 e. The summed E-state index contributed by atoms with van der Waals surface area (Å²) in [4.78, 5) is 12.9. The molecule has 1 aromatic rings. The molecule has 0 spiro atoms. The van der Waals surface area contributed by atoms with Gasteiger partial charge in [-0.15, -0.1) is 0 Å². The zero-order valence-corrected chi connectivity index (χ0v) is 9.47. The Balaban J connectivity index is 3.13. The Kier molecular flexibility index (Phi) is 3.62. The number of aromatic amines is 1. The number of nitrogens with one attached hydrogen (secondary N) is 1. The second kappa shape index (κ2) is 4.49. The largest absolute Gasteiger partial charge is 0.402 e. The summed E-state index contributed by atoms with van der Waals surface area (Å²) in [5, 5.41) is 0. The van der Waals surface area contributed by atoms with Crippen LogP contribution in [0.5, 0.6) is 0 Å². The summed E-state index contributed by atoms with van der Waals surface area (Å²) in [5.74, 6) is 0. The Hall–Kier alpha value is -1.35. The van der Waals surface area contributed by atoms with Crippen LogP contribution in [-0.4, -0.2) is 37.5 Å². The third-order valence-electron chi connectivity index (χ3n) is 1.88. The van der Waals surface area contributed by atoms with Crippen LogP contribution in [-0.2, 0) is 10.0 Å². The van der Waals surface area contributed by atoms with E-state index in [4.69, 9.17) is 0 Å². The molecule has 1 heterocycles. The number of nitrogens with zero attached hydrogens (tertiary/aromatic N) is 1. The first-order valence-corrected chi connectivity index (χ1v) is 5.79. The molecule has 0 atom stereocenters. The number of rotatable bonds is 3. The van der Waals surface area contributed by atoms with Gasteiger partial charge < -0.3 is 4.98 Å². The molecule has 17 heavy (non-hydrogen) atoms. The molecule has 0 aliphatic heterocycles. The van der Waals surface area contributed by atoms with Crippen molar-refractivity contribution in [1.29, 1.82) is 0 Å². The van der Waals surface area contributed by atoms with E-state index in [-0.39, 0.29) is 4.31 Å². The lowest BCUT2D eigenvalue weighted by Crippen LogP contribution is -2.37. The van der Waals surface area contributed by atoms with Crippen molar-refractivity contribution in [2.24, 2.45) is 0 Å². The average molecular weight is 270 g/mol. The molecular weight excluding hydrogens is 261 g/mol. The summed E-state index contributed by atoms with van der Waals surface area (Å²) in [6.45, 7) is -1.65. The van der Waals surface area contributed by atoms with Gasteiger partial charge in [0.15, 0.2) is 0 Å². The SMILES string of the molecule is CN(CC(F)(F)F)S(=O)(=O)c1c[nH]ccc1=O. The van der Waals surface area contributed by atoms with Gasteiger partial charge in [0.2, 0.25) is 15.5 Å². The molecule has 0 saturated heterocycles. The number of hydrogen-bond donors (Lipinski definition) is 1. The molecule has 0 fully saturated rings. The number of aromatic nitrogens is 1. The highest BCUT2D eigenvalue weighted by Gasteiger charge is 2.35. The predicted octanol–water partition coefficient (Wildman–Crippen LogP) is 0.558. The Morgan fingerprint density at radius 1 is 1.41 bits per heavy atom. The first-order valence-electron chi connectivity index (χ1n) is 4.35. The standard InChI is InChI=1S/C8H9F3N2O3S/c1-13(5-8(9,10)11)17(15,16)7-4-12-3-2-6(7)14/h2-4H,5H2,1H3,(H,12,14). The molecule has 9 heteroatoms. The molecule has 0 aliphatic carbocycles. The monoisotopic (exact) mass is 270 g/mol. The van der Waals surface area contributed by atoms with E-state index >= 15 is 0 Å². The number of alkyl halides is 3. The highest BCUT2D eigenvalue weighted by molar-refractivity contribution is 7.89. The van der Waals surface area contributed by atoms with Gasteiger partial charge in [0, 0.05) is 25.5 Å². The van der Waals surface area contributed by atoms with Crippen molar-refractivity contribution in [2.75, 3.05) is 13.6 Å². The zero-order valence-electron chi connectivity index (χ0n) is 8.65. The molecule has 96 valence electrons. The van der Waals surface area contributed by atoms with Gasteiger partial charge in [0.25, 0.3) is 0 Å². The Morgan fingerprint density at radius 3 is 2.47 bits per heavy atom. The van der Waals surface area contributed by atoms with E-state index in [9.17, 15) is 26.4 Å². The van der Waals surface area contributed by atoms with Crippen LogP contribution in [0.4, 0.5) is 13.2 Å². The summed E-state index contributed by atoms with van der Waals surface area (Å²) < 4.78 is 59.5. The highest BCUT2D eigenvalue weighted by Crippen LogP contribution is 2.19. The van der Waals surface area contributed by atoms with Crippen molar-refractivity contribution in [3.63, 3.8) is 0 Å². The van der Waals surface area contributed by atoms with Crippen LogP contribution in [0.1, 0.15) is 0 Å². The number of halogens is 3. The van der Waals surface area contributed by atoms with Crippen molar-refractivity contribution in [1.82, 2.24) is 9.29 Å². The quantitative estimate of drug-likeness (QED) is 0.872.